The normalized spacial score (nSPS) is 13.6. The summed E-state index contributed by atoms with van der Waals surface area (Å²) in [6.45, 7) is 28.5. The lowest BCUT2D eigenvalue weighted by Gasteiger charge is -2.37. The van der Waals surface area contributed by atoms with Crippen LogP contribution in [0.2, 0.25) is 36.3 Å². The Balaban J connectivity index is 2.23. The average molecular weight is 609 g/mol. The Morgan fingerprint density at radius 3 is 1.88 bits per heavy atom. The Morgan fingerprint density at radius 1 is 0.786 bits per heavy atom. The lowest BCUT2D eigenvalue weighted by Crippen LogP contribution is -2.41. The Bertz CT molecular complexity index is 1240. The molecule has 2 aromatic carbocycles. The van der Waals surface area contributed by atoms with Crippen molar-refractivity contribution in [3.8, 4) is 0 Å². The van der Waals surface area contributed by atoms with Gasteiger partial charge in [0.2, 0.25) is 0 Å². The topological polar surface area (TPSA) is 44.8 Å². The number of rotatable bonds is 13. The highest BCUT2D eigenvalue weighted by atomic mass is 28.4. The van der Waals surface area contributed by atoms with Crippen molar-refractivity contribution < 1.29 is 18.4 Å². The lowest BCUT2D eigenvalue weighted by molar-refractivity contribution is -0.137. The highest BCUT2D eigenvalue weighted by molar-refractivity contribution is 6.74. The summed E-state index contributed by atoms with van der Waals surface area (Å²) in [5.41, 5.74) is 7.35. The quantitative estimate of drug-likeness (QED) is 0.0982. The van der Waals surface area contributed by atoms with E-state index >= 15 is 0 Å². The fraction of sp³-hybridized carbons (Fsp3) is 0.528. The predicted octanol–water partition coefficient (Wildman–Crippen LogP) is 10.0. The molecule has 6 heteroatoms. The maximum Gasteiger partial charge on any atom is 0.330 e. The van der Waals surface area contributed by atoms with Gasteiger partial charge in [-0.1, -0.05) is 96.2 Å². The molecule has 4 nitrogen and oxygen atoms in total. The molecule has 232 valence electrons. The largest absolute Gasteiger partial charge is 0.463 e. The van der Waals surface area contributed by atoms with Crippen molar-refractivity contribution in [1.82, 2.24) is 0 Å². The number of benzene rings is 2. The summed E-state index contributed by atoms with van der Waals surface area (Å²) in [6.07, 6.45) is 7.07. The van der Waals surface area contributed by atoms with Crippen LogP contribution in [0, 0.1) is 0 Å². The van der Waals surface area contributed by atoms with E-state index < -0.39 is 16.6 Å². The molecule has 0 heterocycles. The molecule has 0 aliphatic heterocycles. The molecular weight excluding hydrogens is 553 g/mol. The number of aryl methyl sites for hydroxylation is 2. The molecule has 2 rings (SSSR count). The minimum atomic E-state index is -1.89. The molecule has 0 bridgehead atoms. The van der Waals surface area contributed by atoms with Gasteiger partial charge in [0, 0.05) is 6.08 Å². The Morgan fingerprint density at radius 2 is 1.33 bits per heavy atom. The zero-order valence-corrected chi connectivity index (χ0v) is 30.4. The Labute approximate surface area is 258 Å². The SMILES string of the molecule is CCOC(=O)C=CC=C(C)c1cccc(CCc2ccc(CO[Si](C)(C)C(C)(C)C)c(CO[Si](C)(C)C(C)(C)C)c2)c1. The van der Waals surface area contributed by atoms with Crippen molar-refractivity contribution in [2.24, 2.45) is 0 Å². The molecule has 0 spiro atoms. The monoisotopic (exact) mass is 608 g/mol. The zero-order valence-electron chi connectivity index (χ0n) is 28.4. The van der Waals surface area contributed by atoms with E-state index in [1.807, 2.05) is 6.08 Å². The van der Waals surface area contributed by atoms with E-state index in [9.17, 15) is 4.79 Å². The number of hydrogen-bond donors (Lipinski definition) is 0. The molecule has 42 heavy (non-hydrogen) atoms. The van der Waals surface area contributed by atoms with Gasteiger partial charge >= 0.3 is 5.97 Å². The molecule has 0 aromatic heterocycles. The van der Waals surface area contributed by atoms with E-state index in [0.29, 0.717) is 19.8 Å². The van der Waals surface area contributed by atoms with Gasteiger partial charge in [-0.05, 0) is 96.3 Å². The van der Waals surface area contributed by atoms with Gasteiger partial charge in [-0.2, -0.15) is 0 Å². The number of allylic oxidation sites excluding steroid dienone is 3. The molecule has 2 aromatic rings. The van der Waals surface area contributed by atoms with Gasteiger partial charge in [0.1, 0.15) is 0 Å². The molecular formula is C36H56O4Si2. The van der Waals surface area contributed by atoms with Crippen molar-refractivity contribution in [2.75, 3.05) is 6.61 Å². The highest BCUT2D eigenvalue weighted by Gasteiger charge is 2.38. The van der Waals surface area contributed by atoms with Gasteiger partial charge < -0.3 is 13.6 Å². The van der Waals surface area contributed by atoms with E-state index in [1.165, 1.54) is 28.3 Å². The first-order valence-electron chi connectivity index (χ1n) is 15.4. The second-order valence-electron chi connectivity index (χ2n) is 14.4. The fourth-order valence-corrected chi connectivity index (χ4v) is 5.78. The fourth-order valence-electron chi connectivity index (χ4n) is 3.88. The highest BCUT2D eigenvalue weighted by Crippen LogP contribution is 2.39. The summed E-state index contributed by atoms with van der Waals surface area (Å²) in [7, 11) is -3.76. The van der Waals surface area contributed by atoms with Crippen LogP contribution in [-0.4, -0.2) is 29.2 Å². The minimum Gasteiger partial charge on any atom is -0.463 e. The van der Waals surface area contributed by atoms with Crippen LogP contribution in [0.3, 0.4) is 0 Å². The van der Waals surface area contributed by atoms with Crippen molar-refractivity contribution in [2.45, 2.75) is 118 Å². The average Bonchev–Trinajstić information content (AvgIpc) is 2.89. The number of hydrogen-bond acceptors (Lipinski definition) is 4. The smallest absolute Gasteiger partial charge is 0.330 e. The first-order chi connectivity index (χ1) is 19.4. The number of esters is 1. The van der Waals surface area contributed by atoms with Crippen molar-refractivity contribution in [3.05, 3.63) is 88.5 Å². The summed E-state index contributed by atoms with van der Waals surface area (Å²) in [6, 6.07) is 15.5. The van der Waals surface area contributed by atoms with Crippen molar-refractivity contribution in [1.29, 1.82) is 0 Å². The molecule has 0 fully saturated rings. The van der Waals surface area contributed by atoms with E-state index in [-0.39, 0.29) is 16.0 Å². The first-order valence-corrected chi connectivity index (χ1v) is 21.2. The van der Waals surface area contributed by atoms with Gasteiger partial charge in [-0.3, -0.25) is 0 Å². The van der Waals surface area contributed by atoms with E-state index in [0.717, 1.165) is 24.0 Å². The molecule has 0 unspecified atom stereocenters. The number of ether oxygens (including phenoxy) is 1. The molecule has 0 amide bonds. The Hall–Kier alpha value is -2.26. The third kappa shape index (κ3) is 10.8. The third-order valence-corrected chi connectivity index (χ3v) is 18.0. The summed E-state index contributed by atoms with van der Waals surface area (Å²) < 4.78 is 18.3. The van der Waals surface area contributed by atoms with Gasteiger partial charge in [0.25, 0.3) is 0 Å². The van der Waals surface area contributed by atoms with Crippen molar-refractivity contribution in [3.63, 3.8) is 0 Å². The van der Waals surface area contributed by atoms with Crippen LogP contribution >= 0.6 is 0 Å². The second-order valence-corrected chi connectivity index (χ2v) is 24.0. The maximum absolute atomic E-state index is 11.6. The van der Waals surface area contributed by atoms with E-state index in [1.54, 1.807) is 13.0 Å². The first kappa shape index (κ1) is 35.9. The van der Waals surface area contributed by atoms with Gasteiger partial charge in [0.15, 0.2) is 16.6 Å². The second kappa shape index (κ2) is 15.0. The van der Waals surface area contributed by atoms with Crippen molar-refractivity contribution >= 4 is 28.2 Å². The van der Waals surface area contributed by atoms with Crippen LogP contribution in [0.15, 0.2) is 60.7 Å². The molecule has 0 saturated carbocycles. The van der Waals surface area contributed by atoms with E-state index in [4.69, 9.17) is 13.6 Å². The van der Waals surface area contributed by atoms with Crippen LogP contribution in [-0.2, 0) is 44.4 Å². The minimum absolute atomic E-state index is 0.161. The van der Waals surface area contributed by atoms with Gasteiger partial charge in [0.05, 0.1) is 19.8 Å². The van der Waals surface area contributed by atoms with Crippen LogP contribution in [0.1, 0.15) is 83.2 Å². The number of carbonyl (C=O) groups excluding carboxylic acids is 1. The summed E-state index contributed by atoms with van der Waals surface area (Å²) in [5.74, 6) is -0.318. The van der Waals surface area contributed by atoms with Crippen LogP contribution in [0.5, 0.6) is 0 Å². The zero-order chi connectivity index (χ0) is 31.8. The molecule has 0 atom stereocenters. The maximum atomic E-state index is 11.6. The lowest BCUT2D eigenvalue weighted by atomic mass is 9.97. The van der Waals surface area contributed by atoms with Crippen LogP contribution in [0.4, 0.5) is 0 Å². The van der Waals surface area contributed by atoms with Crippen LogP contribution in [0.25, 0.3) is 5.57 Å². The number of carbonyl (C=O) groups is 1. The summed E-state index contributed by atoms with van der Waals surface area (Å²) in [4.78, 5) is 11.6. The standard InChI is InChI=1S/C36H56O4Si2/c1-13-38-34(37)19-14-16-28(2)31-18-15-17-29(24-31)20-21-30-22-23-32(26-39-41(9,10)35(3,4)5)33(25-30)27-40-42(11,12)36(6,7)8/h14-19,22-25H,13,20-21,26-27H2,1-12H3. The Kier molecular flexibility index (Phi) is 12.8. The molecule has 0 aliphatic carbocycles. The summed E-state index contributed by atoms with van der Waals surface area (Å²) in [5, 5.41) is 0.332. The van der Waals surface area contributed by atoms with E-state index in [2.05, 4.69) is 117 Å². The molecule has 0 radical (unpaired) electrons. The molecule has 0 N–H and O–H groups in total. The summed E-state index contributed by atoms with van der Waals surface area (Å²) >= 11 is 0. The van der Waals surface area contributed by atoms with Gasteiger partial charge in [-0.15, -0.1) is 0 Å². The molecule has 0 saturated heterocycles. The van der Waals surface area contributed by atoms with Crippen LogP contribution < -0.4 is 0 Å². The molecule has 0 aliphatic rings. The predicted molar refractivity (Wildman–Crippen MR) is 184 cm³/mol. The van der Waals surface area contributed by atoms with Gasteiger partial charge in [-0.25, -0.2) is 4.79 Å². The third-order valence-electron chi connectivity index (χ3n) is 9.01.